The molecule has 4 heteroatoms. The number of aromatic nitrogens is 3. The first kappa shape index (κ1) is 12.5. The molecule has 1 saturated carbocycles. The summed E-state index contributed by atoms with van der Waals surface area (Å²) in [5, 5.41) is 0. The van der Waals surface area contributed by atoms with Crippen LogP contribution in [0.1, 0.15) is 44.9 Å². The number of nitrogens with zero attached hydrogens (tertiary/aromatic N) is 2. The molecule has 0 radical (unpaired) electrons. The van der Waals surface area contributed by atoms with Gasteiger partial charge in [-0.2, -0.15) is 4.98 Å². The van der Waals surface area contributed by atoms with Gasteiger partial charge >= 0.3 is 0 Å². The summed E-state index contributed by atoms with van der Waals surface area (Å²) in [4.78, 5) is 12.3. The van der Waals surface area contributed by atoms with E-state index in [0.29, 0.717) is 12.5 Å². The third-order valence-corrected chi connectivity index (χ3v) is 3.93. The van der Waals surface area contributed by atoms with E-state index in [2.05, 4.69) is 15.0 Å². The molecular formula is C15H21N3O. The van der Waals surface area contributed by atoms with Gasteiger partial charge in [0.25, 0.3) is 0 Å². The van der Waals surface area contributed by atoms with Crippen molar-refractivity contribution in [2.75, 3.05) is 6.61 Å². The topological polar surface area (TPSA) is 50.8 Å². The zero-order valence-corrected chi connectivity index (χ0v) is 11.5. The molecule has 2 aromatic rings. The number of fused-ring (bicyclic) bond motifs is 1. The number of hydrogen-bond acceptors (Lipinski definition) is 3. The minimum Gasteiger partial charge on any atom is -0.478 e. The molecule has 0 saturated heterocycles. The second-order valence-electron chi connectivity index (χ2n) is 5.33. The maximum absolute atomic E-state index is 5.40. The van der Waals surface area contributed by atoms with E-state index in [-0.39, 0.29) is 0 Å². The maximum atomic E-state index is 5.40. The van der Waals surface area contributed by atoms with Crippen molar-refractivity contribution in [3.8, 4) is 5.88 Å². The lowest BCUT2D eigenvalue weighted by atomic mass is 10.0. The van der Waals surface area contributed by atoms with E-state index in [0.717, 1.165) is 29.3 Å². The molecule has 0 atom stereocenters. The maximum Gasteiger partial charge on any atom is 0.215 e. The van der Waals surface area contributed by atoms with Crippen LogP contribution in [-0.2, 0) is 6.42 Å². The molecule has 3 rings (SSSR count). The molecule has 1 N–H and O–H groups in total. The van der Waals surface area contributed by atoms with Gasteiger partial charge in [-0.1, -0.05) is 25.7 Å². The van der Waals surface area contributed by atoms with E-state index >= 15 is 0 Å². The summed E-state index contributed by atoms with van der Waals surface area (Å²) in [5.74, 6) is 2.62. The quantitative estimate of drug-likeness (QED) is 0.894. The Labute approximate surface area is 113 Å². The van der Waals surface area contributed by atoms with Gasteiger partial charge in [-0.25, -0.2) is 4.98 Å². The van der Waals surface area contributed by atoms with Crippen LogP contribution in [0, 0.1) is 5.92 Å². The number of aryl methyl sites for hydroxylation is 1. The fourth-order valence-electron chi connectivity index (χ4n) is 2.91. The van der Waals surface area contributed by atoms with Crippen LogP contribution >= 0.6 is 0 Å². The first-order valence-electron chi connectivity index (χ1n) is 7.33. The van der Waals surface area contributed by atoms with Crippen molar-refractivity contribution in [1.82, 2.24) is 15.0 Å². The number of rotatable bonds is 5. The van der Waals surface area contributed by atoms with Crippen LogP contribution < -0.4 is 4.74 Å². The molecule has 2 heterocycles. The van der Waals surface area contributed by atoms with Gasteiger partial charge in [0.05, 0.1) is 12.1 Å². The van der Waals surface area contributed by atoms with Crippen LogP contribution in [0.4, 0.5) is 0 Å². The molecule has 102 valence electrons. The number of nitrogens with one attached hydrogen (secondary N) is 1. The van der Waals surface area contributed by atoms with Gasteiger partial charge in [0, 0.05) is 12.5 Å². The van der Waals surface area contributed by atoms with E-state index in [1.54, 1.807) is 0 Å². The number of H-pyrrole nitrogens is 1. The van der Waals surface area contributed by atoms with Crippen LogP contribution in [0.2, 0.25) is 0 Å². The Morgan fingerprint density at radius 2 is 2.11 bits per heavy atom. The van der Waals surface area contributed by atoms with Crippen molar-refractivity contribution in [2.24, 2.45) is 5.92 Å². The Balaban J connectivity index is 1.69. The number of imidazole rings is 1. The van der Waals surface area contributed by atoms with E-state index < -0.39 is 0 Å². The molecule has 0 spiro atoms. The summed E-state index contributed by atoms with van der Waals surface area (Å²) in [7, 11) is 0. The lowest BCUT2D eigenvalue weighted by Crippen LogP contribution is -1.97. The highest BCUT2D eigenvalue weighted by Gasteiger charge is 2.15. The molecular weight excluding hydrogens is 238 g/mol. The van der Waals surface area contributed by atoms with Crippen LogP contribution in [0.5, 0.6) is 5.88 Å². The largest absolute Gasteiger partial charge is 0.478 e. The SMILES string of the molecule is CCOc1ccc2[nH]c(CCC3CCCC3)nc2n1. The molecule has 0 unspecified atom stereocenters. The minimum atomic E-state index is 0.636. The Bertz CT molecular complexity index is 543. The van der Waals surface area contributed by atoms with E-state index in [4.69, 9.17) is 4.74 Å². The summed E-state index contributed by atoms with van der Waals surface area (Å²) in [6, 6.07) is 3.89. The molecule has 2 aromatic heterocycles. The summed E-state index contributed by atoms with van der Waals surface area (Å²) >= 11 is 0. The fourth-order valence-corrected chi connectivity index (χ4v) is 2.91. The summed E-state index contributed by atoms with van der Waals surface area (Å²) in [5.41, 5.74) is 1.78. The first-order chi connectivity index (χ1) is 9.35. The van der Waals surface area contributed by atoms with Crippen molar-refractivity contribution in [2.45, 2.75) is 45.4 Å². The van der Waals surface area contributed by atoms with Gasteiger partial charge in [-0.3, -0.25) is 0 Å². The third-order valence-electron chi connectivity index (χ3n) is 3.93. The summed E-state index contributed by atoms with van der Waals surface area (Å²) in [6.45, 7) is 2.60. The minimum absolute atomic E-state index is 0.636. The lowest BCUT2D eigenvalue weighted by Gasteiger charge is -2.05. The fraction of sp³-hybridized carbons (Fsp3) is 0.600. The molecule has 0 amide bonds. The van der Waals surface area contributed by atoms with Crippen LogP contribution in [0.3, 0.4) is 0 Å². The van der Waals surface area contributed by atoms with Crippen LogP contribution in [0.15, 0.2) is 12.1 Å². The molecule has 0 bridgehead atoms. The van der Waals surface area contributed by atoms with Crippen LogP contribution in [0.25, 0.3) is 11.2 Å². The molecule has 1 aliphatic carbocycles. The summed E-state index contributed by atoms with van der Waals surface area (Å²) in [6.07, 6.45) is 7.89. The average molecular weight is 259 g/mol. The smallest absolute Gasteiger partial charge is 0.215 e. The van der Waals surface area contributed by atoms with Gasteiger partial charge in [-0.15, -0.1) is 0 Å². The Kier molecular flexibility index (Phi) is 3.67. The predicted molar refractivity (Wildman–Crippen MR) is 75.3 cm³/mol. The number of aromatic amines is 1. The van der Waals surface area contributed by atoms with Crippen molar-refractivity contribution in [1.29, 1.82) is 0 Å². The monoisotopic (exact) mass is 259 g/mol. The Morgan fingerprint density at radius 3 is 2.89 bits per heavy atom. The van der Waals surface area contributed by atoms with E-state index in [1.165, 1.54) is 32.1 Å². The molecule has 0 aromatic carbocycles. The molecule has 1 fully saturated rings. The van der Waals surface area contributed by atoms with Gasteiger partial charge in [0.2, 0.25) is 5.88 Å². The number of ether oxygens (including phenoxy) is 1. The van der Waals surface area contributed by atoms with Crippen molar-refractivity contribution >= 4 is 11.2 Å². The highest BCUT2D eigenvalue weighted by Crippen LogP contribution is 2.28. The van der Waals surface area contributed by atoms with Crippen molar-refractivity contribution < 1.29 is 4.74 Å². The van der Waals surface area contributed by atoms with Crippen molar-refractivity contribution in [3.05, 3.63) is 18.0 Å². The average Bonchev–Trinajstić information content (AvgIpc) is 3.05. The second kappa shape index (κ2) is 5.59. The number of hydrogen-bond donors (Lipinski definition) is 1. The zero-order valence-electron chi connectivity index (χ0n) is 11.5. The molecule has 0 aliphatic heterocycles. The normalized spacial score (nSPS) is 16.3. The molecule has 19 heavy (non-hydrogen) atoms. The molecule has 1 aliphatic rings. The van der Waals surface area contributed by atoms with E-state index in [9.17, 15) is 0 Å². The van der Waals surface area contributed by atoms with Gasteiger partial charge in [0.1, 0.15) is 5.82 Å². The summed E-state index contributed by atoms with van der Waals surface area (Å²) < 4.78 is 5.40. The second-order valence-corrected chi connectivity index (χ2v) is 5.33. The standard InChI is InChI=1S/C15H21N3O/c1-2-19-14-10-8-12-15(18-14)17-13(16-12)9-7-11-5-3-4-6-11/h8,10-11H,2-7,9H2,1H3,(H,16,17,18). The Morgan fingerprint density at radius 1 is 1.26 bits per heavy atom. The Hall–Kier alpha value is -1.58. The lowest BCUT2D eigenvalue weighted by molar-refractivity contribution is 0.328. The third kappa shape index (κ3) is 2.88. The predicted octanol–water partition coefficient (Wildman–Crippen LogP) is 3.48. The zero-order chi connectivity index (χ0) is 13.1. The number of pyridine rings is 1. The van der Waals surface area contributed by atoms with Crippen molar-refractivity contribution in [3.63, 3.8) is 0 Å². The van der Waals surface area contributed by atoms with Crippen LogP contribution in [-0.4, -0.2) is 21.6 Å². The van der Waals surface area contributed by atoms with Gasteiger partial charge in [0.15, 0.2) is 5.65 Å². The highest BCUT2D eigenvalue weighted by atomic mass is 16.5. The highest BCUT2D eigenvalue weighted by molar-refractivity contribution is 5.71. The molecule has 4 nitrogen and oxygen atoms in total. The first-order valence-corrected chi connectivity index (χ1v) is 7.33. The van der Waals surface area contributed by atoms with Gasteiger partial charge < -0.3 is 9.72 Å². The van der Waals surface area contributed by atoms with E-state index in [1.807, 2.05) is 19.1 Å². The van der Waals surface area contributed by atoms with Gasteiger partial charge in [-0.05, 0) is 25.3 Å².